The van der Waals surface area contributed by atoms with Crippen molar-refractivity contribution in [1.29, 1.82) is 0 Å². The van der Waals surface area contributed by atoms with Gasteiger partial charge in [-0.15, -0.1) is 0 Å². The number of amides is 1. The summed E-state index contributed by atoms with van der Waals surface area (Å²) in [5.41, 5.74) is 6.59. The second-order valence-corrected chi connectivity index (χ2v) is 4.45. The molecule has 1 aromatic carbocycles. The highest BCUT2D eigenvalue weighted by Crippen LogP contribution is 2.17. The largest absolute Gasteiger partial charge is 0.348 e. The van der Waals surface area contributed by atoms with Crippen LogP contribution in [-0.4, -0.2) is 23.4 Å². The highest BCUT2D eigenvalue weighted by atomic mass is 16.6. The molecule has 1 aromatic rings. The van der Waals surface area contributed by atoms with Gasteiger partial charge in [0.15, 0.2) is 0 Å². The maximum Gasteiger partial charge on any atom is 0.269 e. The third-order valence-corrected chi connectivity index (χ3v) is 2.92. The standard InChI is InChI=1S/C13H19N3O3/c1-3-4-10(8-14)15-13(17)12-6-5-11(16(18)19)7-9(12)2/h5-7,10H,3-4,8,14H2,1-2H3,(H,15,17). The van der Waals surface area contributed by atoms with Gasteiger partial charge in [0.1, 0.15) is 0 Å². The number of benzene rings is 1. The molecule has 0 aliphatic carbocycles. The zero-order chi connectivity index (χ0) is 14.4. The number of rotatable bonds is 6. The number of aryl methyl sites for hydroxylation is 1. The van der Waals surface area contributed by atoms with E-state index in [1.807, 2.05) is 6.92 Å². The van der Waals surface area contributed by atoms with E-state index >= 15 is 0 Å². The summed E-state index contributed by atoms with van der Waals surface area (Å²) in [5, 5.41) is 13.5. The van der Waals surface area contributed by atoms with E-state index < -0.39 is 4.92 Å². The Balaban J connectivity index is 2.85. The van der Waals surface area contributed by atoms with Crippen molar-refractivity contribution >= 4 is 11.6 Å². The lowest BCUT2D eigenvalue weighted by atomic mass is 10.1. The minimum atomic E-state index is -0.478. The predicted octanol–water partition coefficient (Wildman–Crippen LogP) is 1.76. The minimum Gasteiger partial charge on any atom is -0.348 e. The molecule has 0 saturated carbocycles. The fraction of sp³-hybridized carbons (Fsp3) is 0.462. The average molecular weight is 265 g/mol. The van der Waals surface area contributed by atoms with Crippen molar-refractivity contribution in [3.8, 4) is 0 Å². The molecule has 0 spiro atoms. The number of nitrogens with two attached hydrogens (primary N) is 1. The highest BCUT2D eigenvalue weighted by molar-refractivity contribution is 5.96. The first kappa shape index (κ1) is 15.1. The van der Waals surface area contributed by atoms with Crippen LogP contribution in [0.3, 0.4) is 0 Å². The third-order valence-electron chi connectivity index (χ3n) is 2.92. The van der Waals surface area contributed by atoms with Gasteiger partial charge in [0.25, 0.3) is 11.6 Å². The quantitative estimate of drug-likeness (QED) is 0.604. The van der Waals surface area contributed by atoms with Crippen molar-refractivity contribution in [2.24, 2.45) is 5.73 Å². The SMILES string of the molecule is CCCC(CN)NC(=O)c1ccc([N+](=O)[O-])cc1C. The fourth-order valence-electron chi connectivity index (χ4n) is 1.88. The summed E-state index contributed by atoms with van der Waals surface area (Å²) >= 11 is 0. The number of nitrogens with one attached hydrogen (secondary N) is 1. The topological polar surface area (TPSA) is 98.3 Å². The van der Waals surface area contributed by atoms with Gasteiger partial charge in [-0.3, -0.25) is 14.9 Å². The molecule has 6 heteroatoms. The summed E-state index contributed by atoms with van der Waals surface area (Å²) in [5.74, 6) is -0.240. The van der Waals surface area contributed by atoms with Crippen LogP contribution in [0.25, 0.3) is 0 Å². The number of nitro benzene ring substituents is 1. The molecule has 1 rings (SSSR count). The number of nitrogens with zero attached hydrogens (tertiary/aromatic N) is 1. The summed E-state index contributed by atoms with van der Waals surface area (Å²) in [6, 6.07) is 4.14. The van der Waals surface area contributed by atoms with Crippen LogP contribution in [0.4, 0.5) is 5.69 Å². The maximum atomic E-state index is 12.1. The lowest BCUT2D eigenvalue weighted by Gasteiger charge is -2.16. The van der Waals surface area contributed by atoms with Crippen LogP contribution in [0, 0.1) is 17.0 Å². The van der Waals surface area contributed by atoms with Crippen molar-refractivity contribution < 1.29 is 9.72 Å². The smallest absolute Gasteiger partial charge is 0.269 e. The Hall–Kier alpha value is -1.95. The van der Waals surface area contributed by atoms with Gasteiger partial charge in [-0.05, 0) is 25.0 Å². The monoisotopic (exact) mass is 265 g/mol. The van der Waals surface area contributed by atoms with E-state index in [0.29, 0.717) is 17.7 Å². The van der Waals surface area contributed by atoms with E-state index in [9.17, 15) is 14.9 Å². The van der Waals surface area contributed by atoms with Gasteiger partial charge in [0, 0.05) is 30.3 Å². The highest BCUT2D eigenvalue weighted by Gasteiger charge is 2.16. The molecule has 0 aromatic heterocycles. The molecule has 0 heterocycles. The normalized spacial score (nSPS) is 11.9. The van der Waals surface area contributed by atoms with Gasteiger partial charge in [-0.2, -0.15) is 0 Å². The molecule has 104 valence electrons. The van der Waals surface area contributed by atoms with Crippen molar-refractivity contribution in [2.45, 2.75) is 32.7 Å². The molecular formula is C13H19N3O3. The van der Waals surface area contributed by atoms with Crippen LogP contribution in [0.15, 0.2) is 18.2 Å². The molecule has 0 aliphatic heterocycles. The van der Waals surface area contributed by atoms with Crippen molar-refractivity contribution in [3.63, 3.8) is 0 Å². The molecule has 0 radical (unpaired) electrons. The van der Waals surface area contributed by atoms with Crippen LogP contribution in [-0.2, 0) is 0 Å². The number of hydrogen-bond acceptors (Lipinski definition) is 4. The Labute approximate surface area is 112 Å². The summed E-state index contributed by atoms with van der Waals surface area (Å²) in [4.78, 5) is 22.2. The summed E-state index contributed by atoms with van der Waals surface area (Å²) in [6.45, 7) is 4.08. The molecule has 0 aliphatic rings. The zero-order valence-corrected chi connectivity index (χ0v) is 11.2. The maximum absolute atomic E-state index is 12.1. The number of nitro groups is 1. The zero-order valence-electron chi connectivity index (χ0n) is 11.2. The summed E-state index contributed by atoms with van der Waals surface area (Å²) in [6.07, 6.45) is 1.75. The Bertz CT molecular complexity index is 474. The van der Waals surface area contributed by atoms with Crippen LogP contribution in [0.1, 0.15) is 35.7 Å². The molecule has 1 amide bonds. The van der Waals surface area contributed by atoms with Crippen LogP contribution in [0.2, 0.25) is 0 Å². The first-order valence-electron chi connectivity index (χ1n) is 6.25. The van der Waals surface area contributed by atoms with E-state index in [2.05, 4.69) is 5.32 Å². The lowest BCUT2D eigenvalue weighted by molar-refractivity contribution is -0.384. The second-order valence-electron chi connectivity index (χ2n) is 4.45. The molecule has 1 atom stereocenters. The summed E-state index contributed by atoms with van der Waals surface area (Å²) < 4.78 is 0. The molecule has 0 fully saturated rings. The number of non-ortho nitro benzene ring substituents is 1. The van der Waals surface area contributed by atoms with E-state index in [1.165, 1.54) is 18.2 Å². The molecule has 1 unspecified atom stereocenters. The Morgan fingerprint density at radius 3 is 2.68 bits per heavy atom. The van der Waals surface area contributed by atoms with Gasteiger partial charge < -0.3 is 11.1 Å². The average Bonchev–Trinajstić information content (AvgIpc) is 2.37. The van der Waals surface area contributed by atoms with E-state index in [0.717, 1.165) is 12.8 Å². The van der Waals surface area contributed by atoms with Crippen molar-refractivity contribution in [2.75, 3.05) is 6.54 Å². The van der Waals surface area contributed by atoms with E-state index in [1.54, 1.807) is 6.92 Å². The van der Waals surface area contributed by atoms with Crippen molar-refractivity contribution in [1.82, 2.24) is 5.32 Å². The van der Waals surface area contributed by atoms with Gasteiger partial charge in [-0.1, -0.05) is 13.3 Å². The molecule has 0 saturated heterocycles. The fourth-order valence-corrected chi connectivity index (χ4v) is 1.88. The lowest BCUT2D eigenvalue weighted by Crippen LogP contribution is -2.40. The number of carbonyl (C=O) groups excluding carboxylic acids is 1. The molecular weight excluding hydrogens is 246 g/mol. The van der Waals surface area contributed by atoms with Gasteiger partial charge in [0.2, 0.25) is 0 Å². The minimum absolute atomic E-state index is 0.0158. The Morgan fingerprint density at radius 1 is 1.53 bits per heavy atom. The Morgan fingerprint density at radius 2 is 2.21 bits per heavy atom. The number of carbonyl (C=O) groups is 1. The van der Waals surface area contributed by atoms with E-state index in [-0.39, 0.29) is 17.6 Å². The van der Waals surface area contributed by atoms with Crippen LogP contribution < -0.4 is 11.1 Å². The molecule has 19 heavy (non-hydrogen) atoms. The Kier molecular flexibility index (Phi) is 5.44. The predicted molar refractivity (Wildman–Crippen MR) is 73.1 cm³/mol. The molecule has 6 nitrogen and oxygen atoms in total. The van der Waals surface area contributed by atoms with Crippen LogP contribution in [0.5, 0.6) is 0 Å². The first-order valence-corrected chi connectivity index (χ1v) is 6.25. The van der Waals surface area contributed by atoms with Gasteiger partial charge in [-0.25, -0.2) is 0 Å². The van der Waals surface area contributed by atoms with E-state index in [4.69, 9.17) is 5.73 Å². The molecule has 0 bridgehead atoms. The summed E-state index contributed by atoms with van der Waals surface area (Å²) in [7, 11) is 0. The van der Waals surface area contributed by atoms with Crippen LogP contribution >= 0.6 is 0 Å². The van der Waals surface area contributed by atoms with Crippen molar-refractivity contribution in [3.05, 3.63) is 39.4 Å². The van der Waals surface area contributed by atoms with Gasteiger partial charge >= 0.3 is 0 Å². The molecule has 3 N–H and O–H groups in total. The number of hydrogen-bond donors (Lipinski definition) is 2. The third kappa shape index (κ3) is 4.03. The van der Waals surface area contributed by atoms with Gasteiger partial charge in [0.05, 0.1) is 4.92 Å². The first-order chi connectivity index (χ1) is 8.99. The second kappa shape index (κ2) is 6.84.